The molecule has 112 valence electrons. The van der Waals surface area contributed by atoms with Gasteiger partial charge in [0.05, 0.1) is 11.6 Å². The van der Waals surface area contributed by atoms with E-state index in [4.69, 9.17) is 9.47 Å². The Bertz CT molecular complexity index is 571. The van der Waals surface area contributed by atoms with Gasteiger partial charge in [0, 0.05) is 12.1 Å². The lowest BCUT2D eigenvalue weighted by atomic mass is 10.0. The van der Waals surface area contributed by atoms with Crippen LogP contribution in [-0.2, 0) is 11.3 Å². The molecule has 1 aromatic rings. The zero-order chi connectivity index (χ0) is 14.8. The first-order valence-corrected chi connectivity index (χ1v) is 7.07. The monoisotopic (exact) mass is 291 g/mol. The van der Waals surface area contributed by atoms with E-state index in [1.807, 2.05) is 0 Å². The van der Waals surface area contributed by atoms with E-state index < -0.39 is 6.09 Å². The summed E-state index contributed by atoms with van der Waals surface area (Å²) in [7, 11) is 0. The summed E-state index contributed by atoms with van der Waals surface area (Å²) >= 11 is 0. The van der Waals surface area contributed by atoms with Gasteiger partial charge < -0.3 is 19.5 Å². The highest BCUT2D eigenvalue weighted by atomic mass is 16.5. The van der Waals surface area contributed by atoms with Crippen LogP contribution >= 0.6 is 0 Å². The number of carbonyl (C=O) groups is 2. The van der Waals surface area contributed by atoms with E-state index in [1.165, 1.54) is 4.90 Å². The van der Waals surface area contributed by atoms with E-state index in [-0.39, 0.29) is 18.6 Å². The number of carbonyl (C=O) groups excluding carboxylic acids is 1. The number of carboxylic acid groups (broad SMARTS) is 1. The number of fused-ring (bicyclic) bond motifs is 1. The van der Waals surface area contributed by atoms with Crippen LogP contribution in [-0.4, -0.2) is 41.3 Å². The van der Waals surface area contributed by atoms with Crippen molar-refractivity contribution in [3.8, 4) is 5.75 Å². The largest absolute Gasteiger partial charge is 0.491 e. The number of amides is 1. The molecule has 0 bridgehead atoms. The van der Waals surface area contributed by atoms with Crippen LogP contribution < -0.4 is 4.74 Å². The molecular formula is C15H17NO5. The fourth-order valence-electron chi connectivity index (χ4n) is 2.82. The fourth-order valence-corrected chi connectivity index (χ4v) is 2.82. The maximum absolute atomic E-state index is 11.4. The van der Waals surface area contributed by atoms with Crippen LogP contribution in [0.3, 0.4) is 0 Å². The number of likely N-dealkylation sites (tertiary alicyclic amines) is 1. The molecule has 2 aliphatic rings. The van der Waals surface area contributed by atoms with Gasteiger partial charge in [0.2, 0.25) is 0 Å². The van der Waals surface area contributed by atoms with Crippen LogP contribution in [0.5, 0.6) is 5.75 Å². The van der Waals surface area contributed by atoms with E-state index in [1.54, 1.807) is 18.2 Å². The summed E-state index contributed by atoms with van der Waals surface area (Å²) in [6, 6.07) is 5.09. The molecular weight excluding hydrogens is 274 g/mol. The molecule has 3 rings (SSSR count). The van der Waals surface area contributed by atoms with Gasteiger partial charge in [-0.05, 0) is 37.5 Å². The van der Waals surface area contributed by atoms with Gasteiger partial charge in [-0.1, -0.05) is 0 Å². The van der Waals surface area contributed by atoms with E-state index >= 15 is 0 Å². The zero-order valence-electron chi connectivity index (χ0n) is 11.6. The lowest BCUT2D eigenvalue weighted by molar-refractivity contribution is 0.0535. The summed E-state index contributed by atoms with van der Waals surface area (Å²) in [5, 5.41) is 9.18. The van der Waals surface area contributed by atoms with Crippen molar-refractivity contribution in [2.75, 3.05) is 13.2 Å². The predicted octanol–water partition coefficient (Wildman–Crippen LogP) is 2.27. The Kier molecular flexibility index (Phi) is 3.68. The van der Waals surface area contributed by atoms with Crippen LogP contribution in [0, 0.1) is 0 Å². The zero-order valence-corrected chi connectivity index (χ0v) is 11.6. The molecule has 1 aromatic carbocycles. The maximum atomic E-state index is 11.4. The van der Waals surface area contributed by atoms with Crippen molar-refractivity contribution in [1.29, 1.82) is 0 Å². The van der Waals surface area contributed by atoms with Gasteiger partial charge in [0.1, 0.15) is 19.0 Å². The predicted molar refractivity (Wildman–Crippen MR) is 73.4 cm³/mol. The van der Waals surface area contributed by atoms with Gasteiger partial charge in [-0.3, -0.25) is 0 Å². The highest BCUT2D eigenvalue weighted by molar-refractivity contribution is 5.93. The Balaban J connectivity index is 1.64. The van der Waals surface area contributed by atoms with Crippen LogP contribution in [0.25, 0.3) is 0 Å². The molecule has 0 unspecified atom stereocenters. The third kappa shape index (κ3) is 2.79. The molecule has 0 aromatic heterocycles. The average Bonchev–Trinajstić information content (AvgIpc) is 2.86. The molecule has 0 radical (unpaired) electrons. The van der Waals surface area contributed by atoms with Crippen molar-refractivity contribution < 1.29 is 24.2 Å². The lowest BCUT2D eigenvalue weighted by Gasteiger charge is -2.33. The van der Waals surface area contributed by atoms with E-state index in [2.05, 4.69) is 0 Å². The fraction of sp³-hybridized carbons (Fsp3) is 0.467. The standard InChI is InChI=1S/C15H17NO5/c17-14-13-5-4-12(7-10(13)8-21-14)20-9-11-3-1-2-6-16(11)15(18)19/h4-5,7,11H,1-3,6,8-9H2,(H,18,19)/t11-/m1/s1. The Morgan fingerprint density at radius 1 is 1.43 bits per heavy atom. The number of piperidine rings is 1. The minimum absolute atomic E-state index is 0.109. The third-order valence-corrected chi connectivity index (χ3v) is 3.97. The Morgan fingerprint density at radius 2 is 2.29 bits per heavy atom. The van der Waals surface area contributed by atoms with Crippen molar-refractivity contribution in [2.45, 2.75) is 31.9 Å². The summed E-state index contributed by atoms with van der Waals surface area (Å²) < 4.78 is 10.7. The number of esters is 1. The highest BCUT2D eigenvalue weighted by Gasteiger charge is 2.27. The Morgan fingerprint density at radius 3 is 3.10 bits per heavy atom. The molecule has 1 atom stereocenters. The van der Waals surface area contributed by atoms with Crippen LogP contribution in [0.15, 0.2) is 18.2 Å². The summed E-state index contributed by atoms with van der Waals surface area (Å²) in [4.78, 5) is 24.0. The average molecular weight is 291 g/mol. The van der Waals surface area contributed by atoms with E-state index in [0.29, 0.717) is 24.5 Å². The van der Waals surface area contributed by atoms with Crippen LogP contribution in [0.4, 0.5) is 4.79 Å². The minimum atomic E-state index is -0.892. The minimum Gasteiger partial charge on any atom is -0.491 e. The first-order chi connectivity index (χ1) is 10.1. The molecule has 1 fully saturated rings. The number of benzene rings is 1. The van der Waals surface area contributed by atoms with Gasteiger partial charge in [0.25, 0.3) is 0 Å². The number of nitrogens with zero attached hydrogens (tertiary/aromatic N) is 1. The molecule has 6 heteroatoms. The Labute approximate surface area is 122 Å². The summed E-state index contributed by atoms with van der Waals surface area (Å²) in [6.45, 7) is 1.17. The molecule has 2 heterocycles. The summed E-state index contributed by atoms with van der Waals surface area (Å²) in [5.74, 6) is 0.337. The van der Waals surface area contributed by atoms with Crippen molar-refractivity contribution in [1.82, 2.24) is 4.90 Å². The van der Waals surface area contributed by atoms with Gasteiger partial charge >= 0.3 is 12.1 Å². The van der Waals surface area contributed by atoms with Gasteiger partial charge in [-0.25, -0.2) is 9.59 Å². The van der Waals surface area contributed by atoms with Crippen LogP contribution in [0.1, 0.15) is 35.2 Å². The van der Waals surface area contributed by atoms with Gasteiger partial charge in [-0.2, -0.15) is 0 Å². The molecule has 0 spiro atoms. The maximum Gasteiger partial charge on any atom is 0.407 e. The van der Waals surface area contributed by atoms with Crippen molar-refractivity contribution in [2.24, 2.45) is 0 Å². The Hall–Kier alpha value is -2.24. The van der Waals surface area contributed by atoms with Crippen molar-refractivity contribution in [3.63, 3.8) is 0 Å². The molecule has 1 amide bonds. The topological polar surface area (TPSA) is 76.1 Å². The third-order valence-electron chi connectivity index (χ3n) is 3.97. The molecule has 2 aliphatic heterocycles. The van der Waals surface area contributed by atoms with Gasteiger partial charge in [0.15, 0.2) is 0 Å². The van der Waals surface area contributed by atoms with Gasteiger partial charge in [-0.15, -0.1) is 0 Å². The number of rotatable bonds is 3. The highest BCUT2D eigenvalue weighted by Crippen LogP contribution is 2.25. The first kappa shape index (κ1) is 13.7. The molecule has 1 N–H and O–H groups in total. The summed E-state index contributed by atoms with van der Waals surface area (Å²) in [6.07, 6.45) is 1.85. The second-order valence-electron chi connectivity index (χ2n) is 5.33. The molecule has 1 saturated heterocycles. The first-order valence-electron chi connectivity index (χ1n) is 7.07. The van der Waals surface area contributed by atoms with Crippen molar-refractivity contribution in [3.05, 3.63) is 29.3 Å². The second-order valence-corrected chi connectivity index (χ2v) is 5.33. The molecule has 0 aliphatic carbocycles. The number of hydrogen-bond donors (Lipinski definition) is 1. The molecule has 21 heavy (non-hydrogen) atoms. The van der Waals surface area contributed by atoms with E-state index in [0.717, 1.165) is 24.8 Å². The number of cyclic esters (lactones) is 1. The van der Waals surface area contributed by atoms with Crippen molar-refractivity contribution >= 4 is 12.1 Å². The SMILES string of the molecule is O=C1OCc2cc(OC[C@H]3CCCCN3C(=O)O)ccc21. The van der Waals surface area contributed by atoms with Crippen LogP contribution in [0.2, 0.25) is 0 Å². The van der Waals surface area contributed by atoms with E-state index in [9.17, 15) is 14.7 Å². The number of hydrogen-bond acceptors (Lipinski definition) is 4. The number of ether oxygens (including phenoxy) is 2. The quantitative estimate of drug-likeness (QED) is 0.864. The summed E-state index contributed by atoms with van der Waals surface area (Å²) in [5.41, 5.74) is 1.39. The molecule has 6 nitrogen and oxygen atoms in total. The second kappa shape index (κ2) is 5.63. The molecule has 0 saturated carbocycles. The smallest absolute Gasteiger partial charge is 0.407 e. The lowest BCUT2D eigenvalue weighted by Crippen LogP contribution is -2.46. The normalized spacial score (nSPS) is 20.9.